The molecule has 0 aromatic heterocycles. The summed E-state index contributed by atoms with van der Waals surface area (Å²) in [5.41, 5.74) is 1.22. The van der Waals surface area contributed by atoms with Crippen molar-refractivity contribution in [3.8, 4) is 0 Å². The van der Waals surface area contributed by atoms with Gasteiger partial charge >= 0.3 is 6.03 Å². The van der Waals surface area contributed by atoms with Crippen molar-refractivity contribution in [1.29, 1.82) is 0 Å². The summed E-state index contributed by atoms with van der Waals surface area (Å²) in [4.78, 5) is 40.8. The molecule has 0 spiro atoms. The van der Waals surface area contributed by atoms with E-state index in [9.17, 15) is 22.8 Å². The average Bonchev–Trinajstić information content (AvgIpc) is 3.10. The lowest BCUT2D eigenvalue weighted by Crippen LogP contribution is -2.50. The van der Waals surface area contributed by atoms with E-state index in [1.54, 1.807) is 24.1 Å². The van der Waals surface area contributed by atoms with Crippen LogP contribution in [-0.4, -0.2) is 91.6 Å². The van der Waals surface area contributed by atoms with Crippen LogP contribution in [0, 0.1) is 0 Å². The number of amides is 4. The number of sulfonamides is 1. The lowest BCUT2D eigenvalue weighted by Gasteiger charge is -2.34. The summed E-state index contributed by atoms with van der Waals surface area (Å²) < 4.78 is 27.7. The van der Waals surface area contributed by atoms with Crippen molar-refractivity contribution >= 4 is 27.9 Å². The summed E-state index contributed by atoms with van der Waals surface area (Å²) in [6.07, 6.45) is 6.71. The highest BCUT2D eigenvalue weighted by Gasteiger charge is 2.34. The Labute approximate surface area is 201 Å². The summed E-state index contributed by atoms with van der Waals surface area (Å²) >= 11 is 0. The Bertz CT molecular complexity index is 1010. The van der Waals surface area contributed by atoms with Crippen LogP contribution in [0.25, 0.3) is 0 Å². The number of urea groups is 1. The smallest absolute Gasteiger partial charge is 0.326 e. The average molecular weight is 491 g/mol. The second-order valence-corrected chi connectivity index (χ2v) is 11.4. The number of likely N-dealkylation sites (N-methyl/N-ethyl adjacent to an activating group) is 1. The van der Waals surface area contributed by atoms with Crippen LogP contribution in [0.15, 0.2) is 29.2 Å². The Hall–Kier alpha value is -2.46. The van der Waals surface area contributed by atoms with Crippen LogP contribution >= 0.6 is 0 Å². The maximum absolute atomic E-state index is 13.1. The number of rotatable bonds is 7. The van der Waals surface area contributed by atoms with Crippen molar-refractivity contribution in [2.45, 2.75) is 55.8 Å². The first-order valence-corrected chi connectivity index (χ1v) is 13.6. The van der Waals surface area contributed by atoms with E-state index in [0.717, 1.165) is 0 Å². The third-order valence-electron chi connectivity index (χ3n) is 7.19. The molecule has 2 saturated heterocycles. The Kier molecular flexibility index (Phi) is 7.57. The van der Waals surface area contributed by atoms with Gasteiger partial charge in [0.15, 0.2) is 0 Å². The normalized spacial score (nSPS) is 20.9. The number of piperazine rings is 1. The maximum atomic E-state index is 13.1. The van der Waals surface area contributed by atoms with Gasteiger partial charge in [-0.15, -0.1) is 0 Å². The first-order valence-electron chi connectivity index (χ1n) is 12.2. The van der Waals surface area contributed by atoms with Crippen LogP contribution < -0.4 is 0 Å². The van der Waals surface area contributed by atoms with E-state index in [-0.39, 0.29) is 50.4 Å². The van der Waals surface area contributed by atoms with Crippen LogP contribution in [0.1, 0.15) is 56.4 Å². The number of hydrogen-bond acceptors (Lipinski definition) is 5. The Morgan fingerprint density at radius 1 is 0.971 bits per heavy atom. The minimum atomic E-state index is -3.60. The predicted molar refractivity (Wildman–Crippen MR) is 127 cm³/mol. The van der Waals surface area contributed by atoms with Gasteiger partial charge in [0.05, 0.1) is 4.90 Å². The third-order valence-corrected chi connectivity index (χ3v) is 9.10. The first kappa shape index (κ1) is 24.7. The van der Waals surface area contributed by atoms with Gasteiger partial charge in [0, 0.05) is 46.2 Å². The van der Waals surface area contributed by atoms with Gasteiger partial charge in [-0.1, -0.05) is 31.4 Å². The van der Waals surface area contributed by atoms with Crippen molar-refractivity contribution in [1.82, 2.24) is 19.0 Å². The highest BCUT2D eigenvalue weighted by molar-refractivity contribution is 7.89. The molecular formula is C24H34N4O5S. The summed E-state index contributed by atoms with van der Waals surface area (Å²) in [6.45, 7) is 1.48. The van der Waals surface area contributed by atoms with E-state index in [4.69, 9.17) is 0 Å². The number of nitrogens with zero attached hydrogens (tertiary/aromatic N) is 4. The topological polar surface area (TPSA) is 98.3 Å². The third kappa shape index (κ3) is 5.27. The highest BCUT2D eigenvalue weighted by Crippen LogP contribution is 2.33. The fourth-order valence-corrected chi connectivity index (χ4v) is 6.53. The van der Waals surface area contributed by atoms with Gasteiger partial charge in [0.25, 0.3) is 0 Å². The molecule has 1 aromatic rings. The second kappa shape index (κ2) is 10.4. The molecule has 0 atom stereocenters. The molecule has 4 amide bonds. The molecule has 1 aliphatic carbocycles. The monoisotopic (exact) mass is 490 g/mol. The van der Waals surface area contributed by atoms with E-state index in [1.807, 2.05) is 12.1 Å². The molecule has 0 bridgehead atoms. The molecule has 0 radical (unpaired) electrons. The fourth-order valence-electron chi connectivity index (χ4n) is 5.11. The lowest BCUT2D eigenvalue weighted by molar-refractivity contribution is -0.133. The largest absolute Gasteiger partial charge is 0.340 e. The van der Waals surface area contributed by atoms with E-state index in [1.165, 1.54) is 51.8 Å². The number of carbonyl (C=O) groups excluding carboxylic acids is 3. The maximum Gasteiger partial charge on any atom is 0.326 e. The number of benzene rings is 1. The Morgan fingerprint density at radius 2 is 1.62 bits per heavy atom. The minimum absolute atomic E-state index is 0.0759. The molecule has 9 nitrogen and oxygen atoms in total. The first-order chi connectivity index (χ1) is 16.3. The summed E-state index contributed by atoms with van der Waals surface area (Å²) in [6, 6.07) is 7.01. The zero-order valence-electron chi connectivity index (χ0n) is 19.8. The van der Waals surface area contributed by atoms with Crippen molar-refractivity contribution < 1.29 is 22.8 Å². The van der Waals surface area contributed by atoms with Crippen molar-refractivity contribution in [3.05, 3.63) is 29.8 Å². The summed E-state index contributed by atoms with van der Waals surface area (Å²) in [7, 11) is -2.02. The van der Waals surface area contributed by atoms with Gasteiger partial charge in [-0.25, -0.2) is 13.2 Å². The molecule has 186 valence electrons. The number of carbonyl (C=O) groups is 3. The highest BCUT2D eigenvalue weighted by atomic mass is 32.2. The molecule has 1 saturated carbocycles. The summed E-state index contributed by atoms with van der Waals surface area (Å²) in [5, 5.41) is 0. The molecule has 34 heavy (non-hydrogen) atoms. The van der Waals surface area contributed by atoms with Crippen molar-refractivity contribution in [2.24, 2.45) is 0 Å². The van der Waals surface area contributed by atoms with Gasteiger partial charge in [0.1, 0.15) is 6.54 Å². The van der Waals surface area contributed by atoms with Gasteiger partial charge in [-0.05, 0) is 42.9 Å². The predicted octanol–water partition coefficient (Wildman–Crippen LogP) is 2.24. The second-order valence-electron chi connectivity index (χ2n) is 9.48. The van der Waals surface area contributed by atoms with Crippen LogP contribution in [0.2, 0.25) is 0 Å². The Balaban J connectivity index is 1.26. The molecule has 0 unspecified atom stereocenters. The molecule has 2 aliphatic heterocycles. The molecule has 0 N–H and O–H groups in total. The molecule has 3 fully saturated rings. The molecule has 3 aliphatic rings. The number of imide groups is 1. The fraction of sp³-hybridized carbons (Fsp3) is 0.625. The standard InChI is InChI=1S/C24H34N4O5S/c1-25-18-23(30)28(24(25)31)13-5-8-22(29)26-14-16-27(17-15-26)34(32,33)21-11-9-20(10-12-21)19-6-3-2-4-7-19/h9-12,19H,2-8,13-18H2,1H3. The quantitative estimate of drug-likeness (QED) is 0.546. The van der Waals surface area contributed by atoms with Crippen molar-refractivity contribution in [3.63, 3.8) is 0 Å². The van der Waals surface area contributed by atoms with Crippen molar-refractivity contribution in [2.75, 3.05) is 46.3 Å². The van der Waals surface area contributed by atoms with Crippen LogP contribution in [0.3, 0.4) is 0 Å². The Morgan fingerprint density at radius 3 is 2.21 bits per heavy atom. The van der Waals surface area contributed by atoms with Gasteiger partial charge < -0.3 is 9.80 Å². The molecule has 1 aromatic carbocycles. The number of hydrogen-bond donors (Lipinski definition) is 0. The van der Waals surface area contributed by atoms with E-state index >= 15 is 0 Å². The van der Waals surface area contributed by atoms with Gasteiger partial charge in [0.2, 0.25) is 21.8 Å². The van der Waals surface area contributed by atoms with Crippen LogP contribution in [-0.2, 0) is 19.6 Å². The zero-order valence-corrected chi connectivity index (χ0v) is 20.6. The molecule has 2 heterocycles. The van der Waals surface area contributed by atoms with Gasteiger partial charge in [-0.3, -0.25) is 14.5 Å². The molecular weight excluding hydrogens is 456 g/mol. The van der Waals surface area contributed by atoms with E-state index < -0.39 is 10.0 Å². The molecule has 10 heteroatoms. The SMILES string of the molecule is CN1CC(=O)N(CCCC(=O)N2CCN(S(=O)(=O)c3ccc(C4CCCCC4)cc3)CC2)C1=O. The minimum Gasteiger partial charge on any atom is -0.340 e. The summed E-state index contributed by atoms with van der Waals surface area (Å²) in [5.74, 6) is 0.203. The lowest BCUT2D eigenvalue weighted by atomic mass is 9.84. The van der Waals surface area contributed by atoms with E-state index in [2.05, 4.69) is 0 Å². The van der Waals surface area contributed by atoms with E-state index in [0.29, 0.717) is 30.3 Å². The van der Waals surface area contributed by atoms with Crippen LogP contribution in [0.4, 0.5) is 4.79 Å². The molecule has 4 rings (SSSR count). The zero-order chi connectivity index (χ0) is 24.3. The van der Waals surface area contributed by atoms with Crippen LogP contribution in [0.5, 0.6) is 0 Å². The van der Waals surface area contributed by atoms with Gasteiger partial charge in [-0.2, -0.15) is 4.31 Å².